The standard InChI is InChI=1S/C13H16ClNO4S/c1-13(2,8-3-4-8)15-20(18,19)9-5-6-11(14)10(7-9)12(16)17/h5-8,15H,3-4H2,1-2H3,(H,16,17). The zero-order valence-corrected chi connectivity index (χ0v) is 12.8. The molecule has 0 heterocycles. The molecule has 20 heavy (non-hydrogen) atoms. The molecule has 0 aliphatic heterocycles. The largest absolute Gasteiger partial charge is 0.478 e. The summed E-state index contributed by atoms with van der Waals surface area (Å²) in [5.74, 6) is -0.933. The van der Waals surface area contributed by atoms with Crippen molar-refractivity contribution in [3.8, 4) is 0 Å². The number of carboxylic acids is 1. The summed E-state index contributed by atoms with van der Waals surface area (Å²) in [6.07, 6.45) is 1.99. The molecule has 0 bridgehead atoms. The summed E-state index contributed by atoms with van der Waals surface area (Å²) >= 11 is 5.74. The Labute approximate surface area is 123 Å². The molecule has 2 N–H and O–H groups in total. The van der Waals surface area contributed by atoms with E-state index in [9.17, 15) is 13.2 Å². The molecule has 0 unspecified atom stereocenters. The van der Waals surface area contributed by atoms with Gasteiger partial charge in [-0.2, -0.15) is 0 Å². The van der Waals surface area contributed by atoms with Gasteiger partial charge < -0.3 is 5.11 Å². The molecular weight excluding hydrogens is 302 g/mol. The van der Waals surface area contributed by atoms with E-state index >= 15 is 0 Å². The minimum atomic E-state index is -3.77. The first kappa shape index (κ1) is 15.3. The van der Waals surface area contributed by atoms with Crippen LogP contribution in [0, 0.1) is 5.92 Å². The number of nitrogens with one attached hydrogen (secondary N) is 1. The molecule has 0 saturated heterocycles. The monoisotopic (exact) mass is 317 g/mol. The number of carbonyl (C=O) groups is 1. The van der Waals surface area contributed by atoms with Gasteiger partial charge in [-0.3, -0.25) is 0 Å². The molecule has 5 nitrogen and oxygen atoms in total. The van der Waals surface area contributed by atoms with Crippen LogP contribution in [0.3, 0.4) is 0 Å². The van der Waals surface area contributed by atoms with Crippen molar-refractivity contribution in [1.82, 2.24) is 4.72 Å². The number of rotatable bonds is 5. The normalized spacial score (nSPS) is 16.1. The fraction of sp³-hybridized carbons (Fsp3) is 0.462. The van der Waals surface area contributed by atoms with E-state index in [1.54, 1.807) is 0 Å². The molecule has 110 valence electrons. The quantitative estimate of drug-likeness (QED) is 0.874. The Kier molecular flexibility index (Phi) is 3.83. The maximum Gasteiger partial charge on any atom is 0.337 e. The highest BCUT2D eigenvalue weighted by molar-refractivity contribution is 7.89. The molecule has 0 spiro atoms. The average molecular weight is 318 g/mol. The van der Waals surface area contributed by atoms with Gasteiger partial charge in [0.1, 0.15) is 0 Å². The van der Waals surface area contributed by atoms with Gasteiger partial charge in [0.05, 0.1) is 15.5 Å². The van der Waals surface area contributed by atoms with Gasteiger partial charge >= 0.3 is 5.97 Å². The highest BCUT2D eigenvalue weighted by Gasteiger charge is 2.40. The summed E-state index contributed by atoms with van der Waals surface area (Å²) in [7, 11) is -3.77. The van der Waals surface area contributed by atoms with Crippen LogP contribution in [-0.2, 0) is 10.0 Å². The molecule has 1 aromatic rings. The molecule has 7 heteroatoms. The van der Waals surface area contributed by atoms with Gasteiger partial charge in [-0.05, 0) is 50.8 Å². The van der Waals surface area contributed by atoms with Crippen molar-refractivity contribution in [2.24, 2.45) is 5.92 Å². The van der Waals surface area contributed by atoms with E-state index in [1.807, 2.05) is 13.8 Å². The third kappa shape index (κ3) is 3.13. The summed E-state index contributed by atoms with van der Waals surface area (Å²) in [4.78, 5) is 10.9. The fourth-order valence-electron chi connectivity index (χ4n) is 2.13. The Bertz CT molecular complexity index is 650. The summed E-state index contributed by atoms with van der Waals surface area (Å²) in [6, 6.07) is 3.67. The van der Waals surface area contributed by atoms with Crippen molar-refractivity contribution in [3.05, 3.63) is 28.8 Å². The summed E-state index contributed by atoms with van der Waals surface area (Å²) in [6.45, 7) is 3.66. The predicted molar refractivity (Wildman–Crippen MR) is 75.5 cm³/mol. The molecule has 0 atom stereocenters. The lowest BCUT2D eigenvalue weighted by molar-refractivity contribution is 0.0697. The molecule has 1 saturated carbocycles. The maximum atomic E-state index is 12.3. The molecule has 0 radical (unpaired) electrons. The number of hydrogen-bond donors (Lipinski definition) is 2. The van der Waals surface area contributed by atoms with E-state index in [4.69, 9.17) is 16.7 Å². The lowest BCUT2D eigenvalue weighted by Crippen LogP contribution is -2.45. The topological polar surface area (TPSA) is 83.5 Å². The van der Waals surface area contributed by atoms with Gasteiger partial charge in [0, 0.05) is 5.54 Å². The minimum absolute atomic E-state index is 0.0119. The van der Waals surface area contributed by atoms with Crippen molar-refractivity contribution < 1.29 is 18.3 Å². The van der Waals surface area contributed by atoms with E-state index in [0.717, 1.165) is 18.9 Å². The van der Waals surface area contributed by atoms with Gasteiger partial charge in [0.2, 0.25) is 10.0 Å². The number of carboxylic acid groups (broad SMARTS) is 1. The molecule has 0 amide bonds. The SMILES string of the molecule is CC(C)(NS(=O)(=O)c1ccc(Cl)c(C(=O)O)c1)C1CC1. The second-order valence-corrected chi connectivity index (χ2v) is 7.64. The first-order valence-corrected chi connectivity index (χ1v) is 8.06. The Morgan fingerprint density at radius 1 is 1.40 bits per heavy atom. The van der Waals surface area contributed by atoms with E-state index in [2.05, 4.69) is 4.72 Å². The highest BCUT2D eigenvalue weighted by Crippen LogP contribution is 2.40. The maximum absolute atomic E-state index is 12.3. The zero-order valence-electron chi connectivity index (χ0n) is 11.2. The van der Waals surface area contributed by atoms with Crippen molar-refractivity contribution in [2.75, 3.05) is 0 Å². The first-order valence-electron chi connectivity index (χ1n) is 6.20. The number of aromatic carboxylic acids is 1. The van der Waals surface area contributed by atoms with Crippen molar-refractivity contribution in [3.63, 3.8) is 0 Å². The molecule has 1 fully saturated rings. The van der Waals surface area contributed by atoms with E-state index in [0.29, 0.717) is 5.92 Å². The van der Waals surface area contributed by atoms with E-state index < -0.39 is 21.5 Å². The van der Waals surface area contributed by atoms with Crippen LogP contribution < -0.4 is 4.72 Å². The van der Waals surface area contributed by atoms with Crippen LogP contribution in [0.2, 0.25) is 5.02 Å². The first-order chi connectivity index (χ1) is 9.13. The van der Waals surface area contributed by atoms with Crippen LogP contribution in [-0.4, -0.2) is 25.0 Å². The second-order valence-electron chi connectivity index (χ2n) is 5.55. The van der Waals surface area contributed by atoms with Crippen molar-refractivity contribution >= 4 is 27.6 Å². The van der Waals surface area contributed by atoms with Crippen LogP contribution in [0.4, 0.5) is 0 Å². The third-order valence-corrected chi connectivity index (χ3v) is 5.47. The van der Waals surface area contributed by atoms with Gasteiger partial charge in [-0.1, -0.05) is 11.6 Å². The lowest BCUT2D eigenvalue weighted by atomic mass is 10.0. The van der Waals surface area contributed by atoms with Crippen LogP contribution in [0.5, 0.6) is 0 Å². The van der Waals surface area contributed by atoms with Gasteiger partial charge in [-0.15, -0.1) is 0 Å². The van der Waals surface area contributed by atoms with Crippen LogP contribution in [0.1, 0.15) is 37.0 Å². The lowest BCUT2D eigenvalue weighted by Gasteiger charge is -2.25. The molecule has 0 aromatic heterocycles. The molecular formula is C13H16ClNO4S. The van der Waals surface area contributed by atoms with Gasteiger partial charge in [-0.25, -0.2) is 17.9 Å². The Morgan fingerprint density at radius 3 is 2.50 bits per heavy atom. The predicted octanol–water partition coefficient (Wildman–Crippen LogP) is 2.51. The number of sulfonamides is 1. The molecule has 1 aliphatic carbocycles. The minimum Gasteiger partial charge on any atom is -0.478 e. The number of hydrogen-bond acceptors (Lipinski definition) is 3. The van der Waals surface area contributed by atoms with Crippen molar-refractivity contribution in [1.29, 1.82) is 0 Å². The summed E-state index contributed by atoms with van der Waals surface area (Å²) in [5, 5.41) is 9.00. The Morgan fingerprint density at radius 2 is 2.00 bits per heavy atom. The smallest absolute Gasteiger partial charge is 0.337 e. The summed E-state index contributed by atoms with van der Waals surface area (Å²) < 4.78 is 27.3. The third-order valence-electron chi connectivity index (χ3n) is 3.47. The van der Waals surface area contributed by atoms with Gasteiger partial charge in [0.15, 0.2) is 0 Å². The average Bonchev–Trinajstić information content (AvgIpc) is 3.11. The second kappa shape index (κ2) is 5.02. The molecule has 1 aliphatic rings. The fourth-order valence-corrected chi connectivity index (χ4v) is 3.82. The number of benzene rings is 1. The van der Waals surface area contributed by atoms with Crippen molar-refractivity contribution in [2.45, 2.75) is 37.1 Å². The number of halogens is 1. The Balaban J connectivity index is 2.34. The van der Waals surface area contributed by atoms with Crippen LogP contribution in [0.15, 0.2) is 23.1 Å². The molecule has 1 aromatic carbocycles. The van der Waals surface area contributed by atoms with Crippen LogP contribution in [0.25, 0.3) is 0 Å². The molecule has 2 rings (SSSR count). The summed E-state index contributed by atoms with van der Waals surface area (Å²) in [5.41, 5.74) is -0.763. The highest BCUT2D eigenvalue weighted by atomic mass is 35.5. The van der Waals surface area contributed by atoms with Crippen LogP contribution >= 0.6 is 11.6 Å². The van der Waals surface area contributed by atoms with E-state index in [-0.39, 0.29) is 15.5 Å². The Hall–Kier alpha value is -1.11. The van der Waals surface area contributed by atoms with E-state index in [1.165, 1.54) is 12.1 Å². The van der Waals surface area contributed by atoms with Gasteiger partial charge in [0.25, 0.3) is 0 Å². The zero-order chi connectivity index (χ0) is 15.1.